The molecule has 10 heteroatoms. The van der Waals surface area contributed by atoms with Crippen molar-refractivity contribution in [1.82, 2.24) is 15.6 Å². The fourth-order valence-electron chi connectivity index (χ4n) is 3.54. The Balaban J connectivity index is 0.000000806. The van der Waals surface area contributed by atoms with Gasteiger partial charge in [0, 0.05) is 28.6 Å². The molecule has 2 fully saturated rings. The van der Waals surface area contributed by atoms with Crippen molar-refractivity contribution in [3.05, 3.63) is 45.2 Å². The molecule has 0 spiro atoms. The summed E-state index contributed by atoms with van der Waals surface area (Å²) >= 11 is 5.92. The number of hydrogen-bond acceptors (Lipinski definition) is 5. The zero-order chi connectivity index (χ0) is 21.8. The molecule has 160 valence electrons. The fourth-order valence-corrected chi connectivity index (χ4v) is 3.71. The van der Waals surface area contributed by atoms with Gasteiger partial charge in [-0.2, -0.15) is 0 Å². The Morgan fingerprint density at radius 3 is 2.57 bits per heavy atom. The second kappa shape index (κ2) is 9.27. The quantitative estimate of drug-likeness (QED) is 0.453. The predicted octanol–water partition coefficient (Wildman–Crippen LogP) is 1.03. The van der Waals surface area contributed by atoms with E-state index in [-0.39, 0.29) is 29.9 Å². The molecule has 2 aromatic rings. The number of carbonyl (C=O) groups excluding carboxylic acids is 2. The zero-order valence-electron chi connectivity index (χ0n) is 15.9. The van der Waals surface area contributed by atoms with E-state index in [0.717, 1.165) is 12.8 Å². The van der Waals surface area contributed by atoms with E-state index in [9.17, 15) is 19.5 Å². The number of benzene rings is 1. The van der Waals surface area contributed by atoms with Gasteiger partial charge >= 0.3 is 0 Å². The Kier molecular flexibility index (Phi) is 6.73. The molecule has 0 saturated heterocycles. The summed E-state index contributed by atoms with van der Waals surface area (Å²) in [6, 6.07) is 4.46. The predicted molar refractivity (Wildman–Crippen MR) is 109 cm³/mol. The van der Waals surface area contributed by atoms with Gasteiger partial charge in [0.05, 0.1) is 17.7 Å². The van der Waals surface area contributed by atoms with E-state index in [1.165, 1.54) is 6.20 Å². The number of aliphatic hydroxyl groups excluding tert-OH is 1. The highest BCUT2D eigenvalue weighted by Gasteiger charge is 2.39. The van der Waals surface area contributed by atoms with Crippen LogP contribution in [-0.4, -0.2) is 51.7 Å². The molecule has 1 aromatic carbocycles. The topological polar surface area (TPSA) is 149 Å². The van der Waals surface area contributed by atoms with Crippen LogP contribution in [0.3, 0.4) is 0 Å². The van der Waals surface area contributed by atoms with Crippen molar-refractivity contribution in [2.24, 2.45) is 5.92 Å². The SMILES string of the molecule is O=C(N[C@@H]1C[C@H](C(=O)NC2CC2)C[C@H]1O)c1c[nH]c2cc(Cl)ccc2c1=O.O=CO. The number of rotatable bonds is 4. The van der Waals surface area contributed by atoms with Crippen molar-refractivity contribution >= 4 is 40.8 Å². The van der Waals surface area contributed by atoms with Crippen LogP contribution >= 0.6 is 11.6 Å². The van der Waals surface area contributed by atoms with Crippen LogP contribution in [0.4, 0.5) is 0 Å². The summed E-state index contributed by atoms with van der Waals surface area (Å²) in [6.07, 6.45) is 3.17. The van der Waals surface area contributed by atoms with Gasteiger partial charge in [0.2, 0.25) is 11.3 Å². The van der Waals surface area contributed by atoms with E-state index >= 15 is 0 Å². The number of halogens is 1. The molecule has 0 radical (unpaired) electrons. The number of H-pyrrole nitrogens is 1. The highest BCUT2D eigenvalue weighted by atomic mass is 35.5. The third-order valence-electron chi connectivity index (χ3n) is 5.23. The maximum Gasteiger partial charge on any atom is 0.290 e. The van der Waals surface area contributed by atoms with E-state index in [1.807, 2.05) is 0 Å². The van der Waals surface area contributed by atoms with E-state index in [1.54, 1.807) is 18.2 Å². The van der Waals surface area contributed by atoms with E-state index < -0.39 is 23.5 Å². The lowest BCUT2D eigenvalue weighted by Gasteiger charge is -2.16. The van der Waals surface area contributed by atoms with Gasteiger partial charge in [-0.25, -0.2) is 0 Å². The van der Waals surface area contributed by atoms with Gasteiger partial charge in [0.15, 0.2) is 0 Å². The summed E-state index contributed by atoms with van der Waals surface area (Å²) in [7, 11) is 0. The Bertz CT molecular complexity index is 1020. The summed E-state index contributed by atoms with van der Waals surface area (Å²) in [6.45, 7) is -0.250. The number of pyridine rings is 1. The summed E-state index contributed by atoms with van der Waals surface area (Å²) in [5, 5.41) is 23.6. The largest absolute Gasteiger partial charge is 0.483 e. The zero-order valence-corrected chi connectivity index (χ0v) is 16.7. The average Bonchev–Trinajstić information content (AvgIpc) is 3.43. The number of aromatic amines is 1. The second-order valence-corrected chi connectivity index (χ2v) is 7.86. The van der Waals surface area contributed by atoms with E-state index in [4.69, 9.17) is 21.5 Å². The third-order valence-corrected chi connectivity index (χ3v) is 5.46. The van der Waals surface area contributed by atoms with Gasteiger partial charge in [-0.15, -0.1) is 0 Å². The molecule has 2 aliphatic carbocycles. The van der Waals surface area contributed by atoms with Gasteiger partial charge in [0.1, 0.15) is 5.56 Å². The van der Waals surface area contributed by atoms with Gasteiger partial charge in [-0.3, -0.25) is 19.2 Å². The molecule has 30 heavy (non-hydrogen) atoms. The van der Waals surface area contributed by atoms with Gasteiger partial charge in [0.25, 0.3) is 12.4 Å². The number of aliphatic hydroxyl groups is 1. The van der Waals surface area contributed by atoms with E-state index in [2.05, 4.69) is 15.6 Å². The number of aromatic nitrogens is 1. The number of carbonyl (C=O) groups is 3. The van der Waals surface area contributed by atoms with Crippen LogP contribution in [0, 0.1) is 5.92 Å². The van der Waals surface area contributed by atoms with Crippen molar-refractivity contribution in [3.63, 3.8) is 0 Å². The number of fused-ring (bicyclic) bond motifs is 1. The van der Waals surface area contributed by atoms with Crippen molar-refractivity contribution < 1.29 is 24.6 Å². The highest BCUT2D eigenvalue weighted by Crippen LogP contribution is 2.28. The third kappa shape index (κ3) is 4.98. The molecule has 4 rings (SSSR count). The van der Waals surface area contributed by atoms with Crippen LogP contribution in [-0.2, 0) is 9.59 Å². The molecule has 5 N–H and O–H groups in total. The number of amides is 2. The van der Waals surface area contributed by atoms with Crippen LogP contribution < -0.4 is 16.1 Å². The summed E-state index contributed by atoms with van der Waals surface area (Å²) in [4.78, 5) is 48.6. The molecule has 1 heterocycles. The van der Waals surface area contributed by atoms with E-state index in [0.29, 0.717) is 28.8 Å². The molecular weight excluding hydrogens is 414 g/mol. The second-order valence-electron chi connectivity index (χ2n) is 7.43. The Hall–Kier alpha value is -2.91. The molecule has 3 atom stereocenters. The standard InChI is InChI=1S/C19H20ClN3O4.CH2O2/c20-10-1-4-12-14(7-10)21-8-13(17(12)25)19(27)23-15-5-9(6-16(15)24)18(26)22-11-2-3-11;2-1-3/h1,4,7-9,11,15-16,24H,2-3,5-6H2,(H,21,25)(H,22,26)(H,23,27);1H,(H,2,3)/t9-,15+,16+;/m0./s1. The Labute approximate surface area is 176 Å². The van der Waals surface area contributed by atoms with Gasteiger partial charge in [-0.05, 0) is 43.9 Å². The normalized spacial score (nSPS) is 22.7. The van der Waals surface area contributed by atoms with Crippen LogP contribution in [0.5, 0.6) is 0 Å². The maximum atomic E-state index is 12.6. The first-order valence-corrected chi connectivity index (χ1v) is 9.90. The minimum Gasteiger partial charge on any atom is -0.483 e. The molecule has 2 amide bonds. The Morgan fingerprint density at radius 1 is 1.20 bits per heavy atom. The lowest BCUT2D eigenvalue weighted by Crippen LogP contribution is -2.41. The molecule has 0 aliphatic heterocycles. The first-order chi connectivity index (χ1) is 14.3. The molecular formula is C20H22ClN3O6. The van der Waals surface area contributed by atoms with Crippen LogP contribution in [0.25, 0.3) is 10.9 Å². The monoisotopic (exact) mass is 435 g/mol. The molecule has 2 saturated carbocycles. The number of hydrogen-bond donors (Lipinski definition) is 5. The number of carboxylic acid groups (broad SMARTS) is 1. The van der Waals surface area contributed by atoms with Crippen molar-refractivity contribution in [1.29, 1.82) is 0 Å². The minimum absolute atomic E-state index is 0.0390. The van der Waals surface area contributed by atoms with Crippen LogP contribution in [0.15, 0.2) is 29.2 Å². The average molecular weight is 436 g/mol. The van der Waals surface area contributed by atoms with Gasteiger partial charge in [-0.1, -0.05) is 11.6 Å². The van der Waals surface area contributed by atoms with Crippen molar-refractivity contribution in [3.8, 4) is 0 Å². The smallest absolute Gasteiger partial charge is 0.290 e. The first kappa shape index (κ1) is 21.8. The molecule has 2 aliphatic rings. The summed E-state index contributed by atoms with van der Waals surface area (Å²) in [5.41, 5.74) is 0.0955. The van der Waals surface area contributed by atoms with Gasteiger partial charge < -0.3 is 25.8 Å². The van der Waals surface area contributed by atoms with Crippen molar-refractivity contribution in [2.45, 2.75) is 43.9 Å². The summed E-state index contributed by atoms with van der Waals surface area (Å²) < 4.78 is 0. The Morgan fingerprint density at radius 2 is 1.90 bits per heavy atom. The number of nitrogens with one attached hydrogen (secondary N) is 3. The van der Waals surface area contributed by atoms with Crippen LogP contribution in [0.2, 0.25) is 5.02 Å². The molecule has 1 aromatic heterocycles. The first-order valence-electron chi connectivity index (χ1n) is 9.52. The lowest BCUT2D eigenvalue weighted by atomic mass is 10.1. The van der Waals surface area contributed by atoms with Crippen molar-refractivity contribution in [2.75, 3.05) is 0 Å². The summed E-state index contributed by atoms with van der Waals surface area (Å²) in [5.74, 6) is -0.975. The highest BCUT2D eigenvalue weighted by molar-refractivity contribution is 6.31. The maximum absolute atomic E-state index is 12.6. The fraction of sp³-hybridized carbons (Fsp3) is 0.400. The molecule has 9 nitrogen and oxygen atoms in total. The minimum atomic E-state index is -0.817. The van der Waals surface area contributed by atoms with Crippen LogP contribution in [0.1, 0.15) is 36.0 Å². The lowest BCUT2D eigenvalue weighted by molar-refractivity contribution is -0.125. The molecule has 0 bridgehead atoms. The molecule has 0 unspecified atom stereocenters.